The summed E-state index contributed by atoms with van der Waals surface area (Å²) in [5, 5.41) is 8.93. The number of alkyl halides is 3. The lowest BCUT2D eigenvalue weighted by atomic mass is 9.96. The van der Waals surface area contributed by atoms with Gasteiger partial charge in [0.15, 0.2) is 0 Å². The van der Waals surface area contributed by atoms with E-state index in [9.17, 15) is 26.4 Å². The molecule has 1 aromatic rings. The van der Waals surface area contributed by atoms with E-state index in [-0.39, 0.29) is 4.90 Å². The molecule has 1 N–H and O–H groups in total. The van der Waals surface area contributed by atoms with Crippen molar-refractivity contribution in [2.45, 2.75) is 11.1 Å². The molecule has 1 heterocycles. The van der Waals surface area contributed by atoms with Crippen LogP contribution < -0.4 is 4.74 Å². The third kappa shape index (κ3) is 3.42. The van der Waals surface area contributed by atoms with Gasteiger partial charge in [-0.2, -0.15) is 17.5 Å². The van der Waals surface area contributed by atoms with Gasteiger partial charge in [-0.05, 0) is 24.3 Å². The van der Waals surface area contributed by atoms with Gasteiger partial charge in [0.25, 0.3) is 0 Å². The first-order valence-electron chi connectivity index (χ1n) is 6.51. The monoisotopic (exact) mass is 353 g/mol. The van der Waals surface area contributed by atoms with Crippen LogP contribution in [0.1, 0.15) is 0 Å². The highest BCUT2D eigenvalue weighted by Gasteiger charge is 2.54. The van der Waals surface area contributed by atoms with E-state index in [0.717, 1.165) is 0 Å². The van der Waals surface area contributed by atoms with Gasteiger partial charge in [0, 0.05) is 13.1 Å². The second kappa shape index (κ2) is 6.00. The van der Waals surface area contributed by atoms with E-state index in [0.29, 0.717) is 10.1 Å². The number of methoxy groups -OCH3 is 1. The average Bonchev–Trinajstić information content (AvgIpc) is 2.93. The molecule has 2 rings (SSSR count). The first kappa shape index (κ1) is 17.5. The Morgan fingerprint density at radius 1 is 1.26 bits per heavy atom. The molecule has 0 unspecified atom stereocenters. The normalized spacial score (nSPS) is 23.0. The summed E-state index contributed by atoms with van der Waals surface area (Å²) in [6.45, 7) is -1.62. The van der Waals surface area contributed by atoms with Crippen molar-refractivity contribution in [1.82, 2.24) is 4.31 Å². The van der Waals surface area contributed by atoms with E-state index in [1.165, 1.54) is 31.4 Å². The number of carbonyl (C=O) groups is 1. The van der Waals surface area contributed by atoms with E-state index in [1.807, 2.05) is 0 Å². The first-order chi connectivity index (χ1) is 10.6. The molecule has 0 saturated carbocycles. The molecule has 2 atom stereocenters. The van der Waals surface area contributed by atoms with Crippen molar-refractivity contribution in [2.24, 2.45) is 11.8 Å². The Hall–Kier alpha value is -1.81. The molecular formula is C13H14F3NO5S. The summed E-state index contributed by atoms with van der Waals surface area (Å²) in [4.78, 5) is 10.8. The molecule has 1 aromatic carbocycles. The second-order valence-electron chi connectivity index (χ2n) is 5.09. The van der Waals surface area contributed by atoms with Crippen molar-refractivity contribution >= 4 is 16.0 Å². The van der Waals surface area contributed by atoms with E-state index in [1.54, 1.807) is 0 Å². The predicted octanol–water partition coefficient (Wildman–Crippen LogP) is 1.58. The number of carboxylic acid groups (broad SMARTS) is 1. The Labute approximate surface area is 130 Å². The van der Waals surface area contributed by atoms with Gasteiger partial charge >= 0.3 is 12.1 Å². The van der Waals surface area contributed by atoms with Crippen LogP contribution in [0.2, 0.25) is 0 Å². The van der Waals surface area contributed by atoms with Gasteiger partial charge in [0.1, 0.15) is 5.75 Å². The standard InChI is InChI=1S/C13H14F3NO5S/c1-22-8-2-4-9(5-3-8)23(20,21)17-6-10(12(18)19)11(7-17)13(14,15)16/h2-5,10-11H,6-7H2,1H3,(H,18,19)/t10-,11-/m1/s1. The highest BCUT2D eigenvalue weighted by atomic mass is 32.2. The van der Waals surface area contributed by atoms with Crippen LogP contribution >= 0.6 is 0 Å². The van der Waals surface area contributed by atoms with Crippen molar-refractivity contribution in [3.63, 3.8) is 0 Å². The number of rotatable bonds is 4. The molecule has 1 saturated heterocycles. The lowest BCUT2D eigenvalue weighted by Crippen LogP contribution is -2.34. The number of aliphatic carboxylic acids is 1. The highest BCUT2D eigenvalue weighted by Crippen LogP contribution is 2.39. The first-order valence-corrected chi connectivity index (χ1v) is 7.95. The molecule has 10 heteroatoms. The summed E-state index contributed by atoms with van der Waals surface area (Å²) in [5.41, 5.74) is 0. The van der Waals surface area contributed by atoms with Crippen molar-refractivity contribution in [2.75, 3.05) is 20.2 Å². The molecule has 0 aromatic heterocycles. The van der Waals surface area contributed by atoms with Crippen LogP contribution in [0.15, 0.2) is 29.2 Å². The zero-order chi connectivity index (χ0) is 17.4. The molecule has 1 aliphatic rings. The Balaban J connectivity index is 2.31. The third-order valence-electron chi connectivity index (χ3n) is 3.72. The van der Waals surface area contributed by atoms with Crippen LogP contribution in [-0.4, -0.2) is 50.2 Å². The number of nitrogens with zero attached hydrogens (tertiary/aromatic N) is 1. The number of carboxylic acids is 1. The van der Waals surface area contributed by atoms with Crippen LogP contribution in [0.4, 0.5) is 13.2 Å². The summed E-state index contributed by atoms with van der Waals surface area (Å²) in [6, 6.07) is 5.12. The SMILES string of the molecule is COc1ccc(S(=O)(=O)N2C[C@@H](C(F)(F)F)[C@H](C(=O)O)C2)cc1. The van der Waals surface area contributed by atoms with Crippen LogP contribution in [0.25, 0.3) is 0 Å². The van der Waals surface area contributed by atoms with Gasteiger partial charge in [-0.15, -0.1) is 0 Å². The van der Waals surface area contributed by atoms with Gasteiger partial charge in [0.05, 0.1) is 23.8 Å². The van der Waals surface area contributed by atoms with Gasteiger partial charge in [-0.3, -0.25) is 4.79 Å². The summed E-state index contributed by atoms with van der Waals surface area (Å²) in [5.74, 6) is -5.32. The predicted molar refractivity (Wildman–Crippen MR) is 72.4 cm³/mol. The van der Waals surface area contributed by atoms with Gasteiger partial charge in [0.2, 0.25) is 10.0 Å². The fourth-order valence-corrected chi connectivity index (χ4v) is 3.93. The van der Waals surface area contributed by atoms with Crippen LogP contribution in [0, 0.1) is 11.8 Å². The summed E-state index contributed by atoms with van der Waals surface area (Å²) in [6.07, 6.45) is -4.78. The maximum atomic E-state index is 12.9. The zero-order valence-electron chi connectivity index (χ0n) is 11.9. The number of benzene rings is 1. The lowest BCUT2D eigenvalue weighted by molar-refractivity contribution is -0.187. The molecule has 0 radical (unpaired) electrons. The summed E-state index contributed by atoms with van der Waals surface area (Å²) in [7, 11) is -2.82. The summed E-state index contributed by atoms with van der Waals surface area (Å²) >= 11 is 0. The smallest absolute Gasteiger partial charge is 0.393 e. The quantitative estimate of drug-likeness (QED) is 0.888. The topological polar surface area (TPSA) is 83.9 Å². The van der Waals surface area contributed by atoms with Crippen molar-refractivity contribution in [1.29, 1.82) is 0 Å². The Kier molecular flexibility index (Phi) is 4.58. The Bertz CT molecular complexity index is 687. The van der Waals surface area contributed by atoms with Crippen molar-refractivity contribution in [3.05, 3.63) is 24.3 Å². The van der Waals surface area contributed by atoms with Gasteiger partial charge in [-0.1, -0.05) is 0 Å². The van der Waals surface area contributed by atoms with Crippen LogP contribution in [0.3, 0.4) is 0 Å². The number of ether oxygens (including phenoxy) is 1. The molecule has 1 aliphatic heterocycles. The molecule has 0 bridgehead atoms. The molecule has 0 spiro atoms. The fourth-order valence-electron chi connectivity index (χ4n) is 2.44. The Morgan fingerprint density at radius 3 is 2.22 bits per heavy atom. The molecule has 23 heavy (non-hydrogen) atoms. The van der Waals surface area contributed by atoms with Crippen molar-refractivity contribution in [3.8, 4) is 5.75 Å². The average molecular weight is 353 g/mol. The van der Waals surface area contributed by atoms with Crippen molar-refractivity contribution < 1.29 is 36.2 Å². The lowest BCUT2D eigenvalue weighted by Gasteiger charge is -2.18. The summed E-state index contributed by atoms with van der Waals surface area (Å²) < 4.78 is 69.0. The minimum atomic E-state index is -4.78. The molecule has 0 aliphatic carbocycles. The molecule has 1 fully saturated rings. The minimum Gasteiger partial charge on any atom is -0.497 e. The molecule has 0 amide bonds. The van der Waals surface area contributed by atoms with E-state index in [4.69, 9.17) is 9.84 Å². The fraction of sp³-hybridized carbons (Fsp3) is 0.462. The molecule has 6 nitrogen and oxygen atoms in total. The second-order valence-corrected chi connectivity index (χ2v) is 7.03. The Morgan fingerprint density at radius 2 is 1.83 bits per heavy atom. The minimum absolute atomic E-state index is 0.217. The number of hydrogen-bond donors (Lipinski definition) is 1. The third-order valence-corrected chi connectivity index (χ3v) is 5.57. The maximum Gasteiger partial charge on any atom is 0.393 e. The number of hydrogen-bond acceptors (Lipinski definition) is 4. The zero-order valence-corrected chi connectivity index (χ0v) is 12.8. The largest absolute Gasteiger partial charge is 0.497 e. The number of sulfonamides is 1. The van der Waals surface area contributed by atoms with Crippen LogP contribution in [0.5, 0.6) is 5.75 Å². The van der Waals surface area contributed by atoms with E-state index >= 15 is 0 Å². The molecular weight excluding hydrogens is 339 g/mol. The van der Waals surface area contributed by atoms with Crippen LogP contribution in [-0.2, 0) is 14.8 Å². The van der Waals surface area contributed by atoms with Gasteiger partial charge in [-0.25, -0.2) is 8.42 Å². The number of halogens is 3. The maximum absolute atomic E-state index is 12.9. The highest BCUT2D eigenvalue weighted by molar-refractivity contribution is 7.89. The van der Waals surface area contributed by atoms with Gasteiger partial charge < -0.3 is 9.84 Å². The van der Waals surface area contributed by atoms with E-state index < -0.39 is 47.1 Å². The molecule has 128 valence electrons. The van der Waals surface area contributed by atoms with E-state index in [2.05, 4.69) is 0 Å².